The first-order valence-corrected chi connectivity index (χ1v) is 11.7. The molecular formula is C22H24N2O3S2. The molecule has 0 atom stereocenters. The zero-order valence-corrected chi connectivity index (χ0v) is 18.5. The number of nitrogens with zero attached hydrogens (tertiary/aromatic N) is 2. The second-order valence-electron chi connectivity index (χ2n) is 7.25. The van der Waals surface area contributed by atoms with Crippen LogP contribution in [0.15, 0.2) is 28.2 Å². The lowest BCUT2D eigenvalue weighted by Crippen LogP contribution is -2.20. The highest BCUT2D eigenvalue weighted by Gasteiger charge is 2.21. The molecule has 0 radical (unpaired) electrons. The smallest absolute Gasteiger partial charge is 0.262 e. The number of hydrogen-bond donors (Lipinski definition) is 0. The Morgan fingerprint density at radius 3 is 2.86 bits per heavy atom. The van der Waals surface area contributed by atoms with Crippen molar-refractivity contribution in [1.29, 1.82) is 0 Å². The molecule has 0 bridgehead atoms. The van der Waals surface area contributed by atoms with Crippen molar-refractivity contribution >= 4 is 39.1 Å². The van der Waals surface area contributed by atoms with Crippen molar-refractivity contribution in [3.8, 4) is 5.75 Å². The van der Waals surface area contributed by atoms with E-state index in [1.54, 1.807) is 35.9 Å². The number of benzene rings is 1. The fourth-order valence-electron chi connectivity index (χ4n) is 3.75. The van der Waals surface area contributed by atoms with E-state index in [1.165, 1.54) is 28.6 Å². The van der Waals surface area contributed by atoms with Crippen LogP contribution in [0, 0.1) is 0 Å². The second-order valence-corrected chi connectivity index (χ2v) is 9.28. The Morgan fingerprint density at radius 2 is 2.10 bits per heavy atom. The Labute approximate surface area is 178 Å². The first-order chi connectivity index (χ1) is 14.0. The third-order valence-corrected chi connectivity index (χ3v) is 7.54. The molecule has 3 aromatic rings. The molecule has 0 fully saturated rings. The van der Waals surface area contributed by atoms with E-state index in [4.69, 9.17) is 9.72 Å². The molecule has 0 N–H and O–H groups in total. The SMILES string of the molecule is CCOc1ccc(C(C)=O)cc1CSc1nc2sc3c(c2c(=O)n1C)CCCC3. The molecule has 1 aromatic carbocycles. The predicted molar refractivity (Wildman–Crippen MR) is 119 cm³/mol. The summed E-state index contributed by atoms with van der Waals surface area (Å²) >= 11 is 3.17. The van der Waals surface area contributed by atoms with E-state index in [-0.39, 0.29) is 11.3 Å². The van der Waals surface area contributed by atoms with Gasteiger partial charge in [-0.1, -0.05) is 11.8 Å². The average molecular weight is 429 g/mol. The maximum atomic E-state index is 13.1. The number of Topliss-reactive ketones (excluding diaryl/α,β-unsaturated/α-hetero) is 1. The minimum Gasteiger partial charge on any atom is -0.494 e. The van der Waals surface area contributed by atoms with Gasteiger partial charge in [-0.25, -0.2) is 4.98 Å². The highest BCUT2D eigenvalue weighted by atomic mass is 32.2. The molecule has 0 unspecified atom stereocenters. The number of ether oxygens (including phenoxy) is 1. The van der Waals surface area contributed by atoms with E-state index in [0.29, 0.717) is 23.1 Å². The molecule has 152 valence electrons. The Morgan fingerprint density at radius 1 is 1.31 bits per heavy atom. The molecule has 2 heterocycles. The van der Waals surface area contributed by atoms with Gasteiger partial charge in [-0.15, -0.1) is 11.3 Å². The molecule has 4 rings (SSSR count). The van der Waals surface area contributed by atoms with Gasteiger partial charge < -0.3 is 4.74 Å². The van der Waals surface area contributed by atoms with Crippen LogP contribution < -0.4 is 10.3 Å². The Balaban J connectivity index is 1.68. The molecule has 29 heavy (non-hydrogen) atoms. The number of aromatic nitrogens is 2. The van der Waals surface area contributed by atoms with Crippen LogP contribution in [-0.2, 0) is 25.6 Å². The lowest BCUT2D eigenvalue weighted by Gasteiger charge is -2.13. The fourth-order valence-corrected chi connectivity index (χ4v) is 6.00. The van der Waals surface area contributed by atoms with Gasteiger partial charge in [-0.2, -0.15) is 0 Å². The topological polar surface area (TPSA) is 61.2 Å². The van der Waals surface area contributed by atoms with Crippen LogP contribution >= 0.6 is 23.1 Å². The molecule has 0 aliphatic heterocycles. The number of rotatable bonds is 6. The predicted octanol–water partition coefficient (Wildman–Crippen LogP) is 4.77. The van der Waals surface area contributed by atoms with Gasteiger partial charge in [0.25, 0.3) is 5.56 Å². The van der Waals surface area contributed by atoms with E-state index in [1.807, 2.05) is 19.1 Å². The number of ketones is 1. The largest absolute Gasteiger partial charge is 0.494 e. The summed E-state index contributed by atoms with van der Waals surface area (Å²) in [6.07, 6.45) is 4.37. The van der Waals surface area contributed by atoms with Crippen molar-refractivity contribution in [2.75, 3.05) is 6.61 Å². The second kappa shape index (κ2) is 8.32. The quantitative estimate of drug-likeness (QED) is 0.322. The zero-order valence-electron chi connectivity index (χ0n) is 16.9. The van der Waals surface area contributed by atoms with Crippen molar-refractivity contribution in [2.45, 2.75) is 50.4 Å². The molecule has 1 aliphatic rings. The van der Waals surface area contributed by atoms with Crippen LogP contribution in [0.3, 0.4) is 0 Å². The van der Waals surface area contributed by atoms with Gasteiger partial charge >= 0.3 is 0 Å². The number of thiophene rings is 1. The summed E-state index contributed by atoms with van der Waals surface area (Å²) in [4.78, 5) is 31.8. The summed E-state index contributed by atoms with van der Waals surface area (Å²) in [5.41, 5.74) is 2.85. The van der Waals surface area contributed by atoms with E-state index < -0.39 is 0 Å². The number of fused-ring (bicyclic) bond motifs is 3. The Hall–Kier alpha value is -2.12. The van der Waals surface area contributed by atoms with E-state index in [2.05, 4.69) is 0 Å². The van der Waals surface area contributed by atoms with Gasteiger partial charge in [0.1, 0.15) is 10.6 Å². The highest BCUT2D eigenvalue weighted by molar-refractivity contribution is 7.98. The Bertz CT molecular complexity index is 1150. The number of hydrogen-bond acceptors (Lipinski definition) is 6. The minimum atomic E-state index is 0.0235. The first-order valence-electron chi connectivity index (χ1n) is 9.90. The third kappa shape index (κ3) is 3.85. The highest BCUT2D eigenvalue weighted by Crippen LogP contribution is 2.35. The van der Waals surface area contributed by atoms with Crippen molar-refractivity contribution in [2.24, 2.45) is 7.05 Å². The van der Waals surface area contributed by atoms with Gasteiger partial charge in [0, 0.05) is 28.8 Å². The first kappa shape index (κ1) is 20.2. The average Bonchev–Trinajstić information content (AvgIpc) is 3.09. The molecule has 5 nitrogen and oxygen atoms in total. The van der Waals surface area contributed by atoms with Crippen LogP contribution in [0.2, 0.25) is 0 Å². The third-order valence-electron chi connectivity index (χ3n) is 5.28. The van der Waals surface area contributed by atoms with E-state index in [9.17, 15) is 9.59 Å². The molecule has 1 aliphatic carbocycles. The van der Waals surface area contributed by atoms with E-state index >= 15 is 0 Å². The fraction of sp³-hybridized carbons (Fsp3) is 0.409. The van der Waals surface area contributed by atoms with Crippen LogP contribution in [-0.4, -0.2) is 21.9 Å². The van der Waals surface area contributed by atoms with Crippen molar-refractivity contribution in [3.63, 3.8) is 0 Å². The number of carbonyl (C=O) groups excluding carboxylic acids is 1. The zero-order chi connectivity index (χ0) is 20.5. The molecule has 0 saturated carbocycles. The summed E-state index contributed by atoms with van der Waals surface area (Å²) in [6.45, 7) is 4.05. The van der Waals surface area contributed by atoms with Crippen molar-refractivity contribution < 1.29 is 9.53 Å². The monoisotopic (exact) mass is 428 g/mol. The van der Waals surface area contributed by atoms with Crippen LogP contribution in [0.5, 0.6) is 5.75 Å². The van der Waals surface area contributed by atoms with Crippen molar-refractivity contribution in [1.82, 2.24) is 9.55 Å². The molecular weight excluding hydrogens is 404 g/mol. The molecule has 7 heteroatoms. The minimum absolute atomic E-state index is 0.0235. The summed E-state index contributed by atoms with van der Waals surface area (Å²) in [5.74, 6) is 1.37. The molecule has 2 aromatic heterocycles. The maximum Gasteiger partial charge on any atom is 0.262 e. The van der Waals surface area contributed by atoms with Crippen LogP contribution in [0.4, 0.5) is 0 Å². The van der Waals surface area contributed by atoms with E-state index in [0.717, 1.165) is 40.8 Å². The summed E-state index contributed by atoms with van der Waals surface area (Å²) < 4.78 is 7.38. The standard InChI is InChI=1S/C22H24N2O3S2/c1-4-27-17-10-9-14(13(2)25)11-15(17)12-28-22-23-20-19(21(26)24(22)3)16-7-5-6-8-18(16)29-20/h9-11H,4-8,12H2,1-3H3. The summed E-state index contributed by atoms with van der Waals surface area (Å²) in [5, 5.41) is 1.50. The van der Waals surface area contributed by atoms with Gasteiger partial charge in [0.05, 0.1) is 12.0 Å². The van der Waals surface area contributed by atoms with Gasteiger partial charge in [0.2, 0.25) is 0 Å². The van der Waals surface area contributed by atoms with Crippen LogP contribution in [0.1, 0.15) is 53.1 Å². The molecule has 0 amide bonds. The maximum absolute atomic E-state index is 13.1. The van der Waals surface area contributed by atoms with Gasteiger partial charge in [0.15, 0.2) is 10.9 Å². The lowest BCUT2D eigenvalue weighted by molar-refractivity contribution is 0.101. The molecule has 0 saturated heterocycles. The summed E-state index contributed by atoms with van der Waals surface area (Å²) in [6, 6.07) is 5.51. The van der Waals surface area contributed by atoms with Crippen LogP contribution in [0.25, 0.3) is 10.2 Å². The van der Waals surface area contributed by atoms with Gasteiger partial charge in [-0.05, 0) is 63.3 Å². The molecule has 0 spiro atoms. The summed E-state index contributed by atoms with van der Waals surface area (Å²) in [7, 11) is 1.79. The van der Waals surface area contributed by atoms with Gasteiger partial charge in [-0.3, -0.25) is 14.2 Å². The Kier molecular flexibility index (Phi) is 5.79. The number of carbonyl (C=O) groups is 1. The number of thioether (sulfide) groups is 1. The lowest BCUT2D eigenvalue weighted by atomic mass is 9.97. The normalized spacial score (nSPS) is 13.5. The number of aryl methyl sites for hydroxylation is 2. The van der Waals surface area contributed by atoms with Crippen molar-refractivity contribution in [3.05, 3.63) is 50.1 Å².